The number of hydrogen-bond acceptors (Lipinski definition) is 2. The first-order chi connectivity index (χ1) is 7.65. The molecule has 0 heterocycles. The van der Waals surface area contributed by atoms with E-state index in [4.69, 9.17) is 4.74 Å². The SMILES string of the molecule is C=CC(=C)[C@H](O)[C@@H](C)OCc1ccccc1. The van der Waals surface area contributed by atoms with Gasteiger partial charge in [0.1, 0.15) is 6.10 Å². The summed E-state index contributed by atoms with van der Waals surface area (Å²) in [4.78, 5) is 0. The van der Waals surface area contributed by atoms with Crippen LogP contribution in [0.15, 0.2) is 55.1 Å². The van der Waals surface area contributed by atoms with Crippen molar-refractivity contribution in [2.75, 3.05) is 0 Å². The minimum atomic E-state index is -0.693. The van der Waals surface area contributed by atoms with E-state index < -0.39 is 6.10 Å². The van der Waals surface area contributed by atoms with Gasteiger partial charge in [0.05, 0.1) is 12.7 Å². The van der Waals surface area contributed by atoms with Crippen molar-refractivity contribution in [1.29, 1.82) is 0 Å². The molecule has 0 spiro atoms. The Morgan fingerprint density at radius 2 is 2.06 bits per heavy atom. The van der Waals surface area contributed by atoms with Gasteiger partial charge in [-0.3, -0.25) is 0 Å². The lowest BCUT2D eigenvalue weighted by Gasteiger charge is -2.19. The van der Waals surface area contributed by atoms with Crippen LogP contribution in [0.3, 0.4) is 0 Å². The monoisotopic (exact) mass is 218 g/mol. The highest BCUT2D eigenvalue weighted by atomic mass is 16.5. The van der Waals surface area contributed by atoms with Gasteiger partial charge in [-0.2, -0.15) is 0 Å². The summed E-state index contributed by atoms with van der Waals surface area (Å²) in [5, 5.41) is 9.77. The molecule has 0 bridgehead atoms. The summed E-state index contributed by atoms with van der Waals surface area (Å²) < 4.78 is 5.55. The molecule has 2 heteroatoms. The average Bonchev–Trinajstić information content (AvgIpc) is 2.35. The molecule has 0 aromatic heterocycles. The van der Waals surface area contributed by atoms with E-state index >= 15 is 0 Å². The zero-order chi connectivity index (χ0) is 12.0. The van der Waals surface area contributed by atoms with E-state index in [1.54, 1.807) is 6.08 Å². The Morgan fingerprint density at radius 1 is 1.44 bits per heavy atom. The molecule has 2 atom stereocenters. The molecule has 0 aliphatic carbocycles. The van der Waals surface area contributed by atoms with E-state index in [9.17, 15) is 5.11 Å². The topological polar surface area (TPSA) is 29.5 Å². The molecular formula is C14H18O2. The summed E-state index contributed by atoms with van der Waals surface area (Å²) in [5.41, 5.74) is 1.67. The minimum Gasteiger partial charge on any atom is -0.386 e. The maximum Gasteiger partial charge on any atom is 0.104 e. The number of aliphatic hydroxyl groups excluding tert-OH is 1. The lowest BCUT2D eigenvalue weighted by atomic mass is 10.1. The summed E-state index contributed by atoms with van der Waals surface area (Å²) in [6, 6.07) is 9.86. The van der Waals surface area contributed by atoms with E-state index in [0.717, 1.165) is 5.56 Å². The maximum atomic E-state index is 9.77. The van der Waals surface area contributed by atoms with Crippen LogP contribution in [0, 0.1) is 0 Å². The van der Waals surface area contributed by atoms with Gasteiger partial charge in [-0.25, -0.2) is 0 Å². The van der Waals surface area contributed by atoms with Crippen LogP contribution in [0.4, 0.5) is 0 Å². The zero-order valence-corrected chi connectivity index (χ0v) is 9.60. The van der Waals surface area contributed by atoms with Crippen molar-refractivity contribution < 1.29 is 9.84 Å². The second-order valence-corrected chi connectivity index (χ2v) is 3.73. The Labute approximate surface area is 96.9 Å². The van der Waals surface area contributed by atoms with Crippen LogP contribution in [-0.4, -0.2) is 17.3 Å². The lowest BCUT2D eigenvalue weighted by molar-refractivity contribution is -0.0182. The third-order valence-corrected chi connectivity index (χ3v) is 2.44. The largest absolute Gasteiger partial charge is 0.386 e. The number of rotatable bonds is 6. The summed E-state index contributed by atoms with van der Waals surface area (Å²) in [6.07, 6.45) is 0.569. The van der Waals surface area contributed by atoms with Gasteiger partial charge < -0.3 is 9.84 Å². The Balaban J connectivity index is 2.44. The van der Waals surface area contributed by atoms with Gasteiger partial charge in [-0.05, 0) is 18.1 Å². The first kappa shape index (κ1) is 12.7. The van der Waals surface area contributed by atoms with E-state index in [2.05, 4.69) is 13.2 Å². The second-order valence-electron chi connectivity index (χ2n) is 3.73. The average molecular weight is 218 g/mol. The van der Waals surface area contributed by atoms with Gasteiger partial charge in [-0.1, -0.05) is 49.6 Å². The van der Waals surface area contributed by atoms with Crippen LogP contribution in [0.25, 0.3) is 0 Å². The van der Waals surface area contributed by atoms with E-state index in [1.165, 1.54) is 0 Å². The third kappa shape index (κ3) is 3.65. The van der Waals surface area contributed by atoms with E-state index in [-0.39, 0.29) is 6.10 Å². The molecule has 1 aromatic carbocycles. The Hall–Kier alpha value is -1.38. The summed E-state index contributed by atoms with van der Waals surface area (Å²) in [6.45, 7) is 9.58. The fraction of sp³-hybridized carbons (Fsp3) is 0.286. The Morgan fingerprint density at radius 3 is 2.62 bits per heavy atom. The molecule has 0 radical (unpaired) electrons. The maximum absolute atomic E-state index is 9.77. The van der Waals surface area contributed by atoms with Crippen molar-refractivity contribution >= 4 is 0 Å². The third-order valence-electron chi connectivity index (χ3n) is 2.44. The fourth-order valence-electron chi connectivity index (χ4n) is 1.32. The minimum absolute atomic E-state index is 0.286. The quantitative estimate of drug-likeness (QED) is 0.744. The van der Waals surface area contributed by atoms with Crippen LogP contribution in [0.2, 0.25) is 0 Å². The predicted molar refractivity (Wildman–Crippen MR) is 66.0 cm³/mol. The summed E-state index contributed by atoms with van der Waals surface area (Å²) >= 11 is 0. The van der Waals surface area contributed by atoms with Crippen molar-refractivity contribution in [3.63, 3.8) is 0 Å². The molecule has 2 nitrogen and oxygen atoms in total. The number of ether oxygens (including phenoxy) is 1. The van der Waals surface area contributed by atoms with Crippen molar-refractivity contribution in [2.24, 2.45) is 0 Å². The molecule has 0 saturated carbocycles. The number of aliphatic hydroxyl groups is 1. The molecule has 86 valence electrons. The van der Waals surface area contributed by atoms with E-state index in [1.807, 2.05) is 37.3 Å². The molecule has 1 rings (SSSR count). The molecule has 1 N–H and O–H groups in total. The zero-order valence-electron chi connectivity index (χ0n) is 9.60. The highest BCUT2D eigenvalue weighted by molar-refractivity contribution is 5.18. The van der Waals surface area contributed by atoms with Crippen LogP contribution in [0.5, 0.6) is 0 Å². The molecule has 0 fully saturated rings. The summed E-state index contributed by atoms with van der Waals surface area (Å²) in [7, 11) is 0. The van der Waals surface area contributed by atoms with Crippen molar-refractivity contribution in [3.05, 3.63) is 60.7 Å². The molecule has 0 aliphatic rings. The van der Waals surface area contributed by atoms with Crippen LogP contribution in [-0.2, 0) is 11.3 Å². The predicted octanol–water partition coefficient (Wildman–Crippen LogP) is 2.69. The number of benzene rings is 1. The van der Waals surface area contributed by atoms with Gasteiger partial charge >= 0.3 is 0 Å². The first-order valence-electron chi connectivity index (χ1n) is 5.30. The van der Waals surface area contributed by atoms with Gasteiger partial charge in [0.15, 0.2) is 0 Å². The lowest BCUT2D eigenvalue weighted by Crippen LogP contribution is -2.26. The molecule has 0 unspecified atom stereocenters. The van der Waals surface area contributed by atoms with Crippen LogP contribution < -0.4 is 0 Å². The van der Waals surface area contributed by atoms with Crippen molar-refractivity contribution in [1.82, 2.24) is 0 Å². The number of hydrogen-bond donors (Lipinski definition) is 1. The van der Waals surface area contributed by atoms with Gasteiger partial charge in [0.25, 0.3) is 0 Å². The van der Waals surface area contributed by atoms with Crippen molar-refractivity contribution in [2.45, 2.75) is 25.7 Å². The fourth-order valence-corrected chi connectivity index (χ4v) is 1.32. The smallest absolute Gasteiger partial charge is 0.104 e. The van der Waals surface area contributed by atoms with Gasteiger partial charge in [0.2, 0.25) is 0 Å². The van der Waals surface area contributed by atoms with Gasteiger partial charge in [0, 0.05) is 0 Å². The highest BCUT2D eigenvalue weighted by Crippen LogP contribution is 2.11. The first-order valence-corrected chi connectivity index (χ1v) is 5.30. The van der Waals surface area contributed by atoms with Crippen LogP contribution in [0.1, 0.15) is 12.5 Å². The molecular weight excluding hydrogens is 200 g/mol. The standard InChI is InChI=1S/C14H18O2/c1-4-11(2)14(15)12(3)16-10-13-8-6-5-7-9-13/h4-9,12,14-15H,1-2,10H2,3H3/t12-,14+/m1/s1. The highest BCUT2D eigenvalue weighted by Gasteiger charge is 2.15. The van der Waals surface area contributed by atoms with Crippen LogP contribution >= 0.6 is 0 Å². The molecule has 16 heavy (non-hydrogen) atoms. The Bertz CT molecular complexity index is 343. The molecule has 1 aromatic rings. The van der Waals surface area contributed by atoms with Gasteiger partial charge in [-0.15, -0.1) is 0 Å². The Kier molecular flexibility index (Phi) is 4.96. The molecule has 0 amide bonds. The summed E-state index contributed by atoms with van der Waals surface area (Å²) in [5.74, 6) is 0. The normalized spacial score (nSPS) is 14.1. The van der Waals surface area contributed by atoms with E-state index in [0.29, 0.717) is 12.2 Å². The van der Waals surface area contributed by atoms with Crippen molar-refractivity contribution in [3.8, 4) is 0 Å². The molecule has 0 saturated heterocycles. The second kappa shape index (κ2) is 6.26. The molecule has 0 aliphatic heterocycles.